The Kier molecular flexibility index (Phi) is 9.05. The van der Waals surface area contributed by atoms with Gasteiger partial charge >= 0.3 is 5.97 Å². The predicted octanol–water partition coefficient (Wildman–Crippen LogP) is 2.19. The summed E-state index contributed by atoms with van der Waals surface area (Å²) in [7, 11) is 1.34. The molecule has 5 nitrogen and oxygen atoms in total. The zero-order valence-corrected chi connectivity index (χ0v) is 14.4. The molecule has 0 aliphatic heterocycles. The molecular weight excluding hydrogens is 314 g/mol. The van der Waals surface area contributed by atoms with Crippen molar-refractivity contribution in [2.45, 2.75) is 26.2 Å². The number of nitrogens with one attached hydrogen (secondary N) is 1. The van der Waals surface area contributed by atoms with Crippen molar-refractivity contribution in [2.75, 3.05) is 19.4 Å². The lowest BCUT2D eigenvalue weighted by Gasteiger charge is -2.16. The zero-order valence-electron chi connectivity index (χ0n) is 13.5. The third-order valence-electron chi connectivity index (χ3n) is 3.27. The highest BCUT2D eigenvalue weighted by molar-refractivity contribution is 8.13. The van der Waals surface area contributed by atoms with E-state index in [9.17, 15) is 14.4 Å². The van der Waals surface area contributed by atoms with Crippen molar-refractivity contribution in [3.63, 3.8) is 0 Å². The Morgan fingerprint density at radius 3 is 2.52 bits per heavy atom. The number of benzene rings is 1. The van der Waals surface area contributed by atoms with E-state index in [4.69, 9.17) is 0 Å². The number of carbonyl (C=O) groups excluding carboxylic acids is 3. The first-order valence-electron chi connectivity index (χ1n) is 7.54. The summed E-state index contributed by atoms with van der Waals surface area (Å²) < 4.78 is 4.56. The van der Waals surface area contributed by atoms with Gasteiger partial charge in [0.2, 0.25) is 5.91 Å². The van der Waals surface area contributed by atoms with Gasteiger partial charge in [0, 0.05) is 25.6 Å². The van der Waals surface area contributed by atoms with Gasteiger partial charge in [-0.15, -0.1) is 0 Å². The van der Waals surface area contributed by atoms with E-state index < -0.39 is 0 Å². The van der Waals surface area contributed by atoms with Gasteiger partial charge in [-0.3, -0.25) is 14.4 Å². The molecule has 0 bridgehead atoms. The molecule has 0 spiro atoms. The number of hydrogen-bond acceptors (Lipinski definition) is 5. The Morgan fingerprint density at radius 2 is 1.91 bits per heavy atom. The molecule has 1 aromatic rings. The Bertz CT molecular complexity index is 519. The van der Waals surface area contributed by atoms with Crippen molar-refractivity contribution in [1.82, 2.24) is 5.32 Å². The SMILES string of the molecule is COC(=O)CCCNC(=O)C(CSC(C)=O)Cc1ccccc1. The van der Waals surface area contributed by atoms with Gasteiger partial charge in [-0.05, 0) is 18.4 Å². The molecule has 0 saturated heterocycles. The van der Waals surface area contributed by atoms with E-state index in [-0.39, 0.29) is 29.3 Å². The Hall–Kier alpha value is -1.82. The Labute approximate surface area is 141 Å². The molecule has 23 heavy (non-hydrogen) atoms. The maximum absolute atomic E-state index is 12.3. The highest BCUT2D eigenvalue weighted by atomic mass is 32.2. The third kappa shape index (κ3) is 8.40. The lowest BCUT2D eigenvalue weighted by atomic mass is 10.0. The van der Waals surface area contributed by atoms with Crippen LogP contribution >= 0.6 is 11.8 Å². The van der Waals surface area contributed by atoms with Gasteiger partial charge in [0.1, 0.15) is 0 Å². The van der Waals surface area contributed by atoms with E-state index in [1.165, 1.54) is 14.0 Å². The van der Waals surface area contributed by atoms with Gasteiger partial charge in [0.25, 0.3) is 0 Å². The van der Waals surface area contributed by atoms with E-state index in [2.05, 4.69) is 10.1 Å². The summed E-state index contributed by atoms with van der Waals surface area (Å²) >= 11 is 1.16. The average Bonchev–Trinajstić information content (AvgIpc) is 2.55. The number of methoxy groups -OCH3 is 1. The van der Waals surface area contributed by atoms with Crippen molar-refractivity contribution in [1.29, 1.82) is 0 Å². The average molecular weight is 337 g/mol. The Morgan fingerprint density at radius 1 is 1.22 bits per heavy atom. The number of thioether (sulfide) groups is 1. The maximum atomic E-state index is 12.3. The third-order valence-corrected chi connectivity index (χ3v) is 4.24. The van der Waals surface area contributed by atoms with Gasteiger partial charge in [-0.25, -0.2) is 0 Å². The largest absolute Gasteiger partial charge is 0.469 e. The van der Waals surface area contributed by atoms with E-state index >= 15 is 0 Å². The molecule has 1 rings (SSSR count). The fourth-order valence-electron chi connectivity index (χ4n) is 2.03. The number of esters is 1. The fourth-order valence-corrected chi connectivity index (χ4v) is 2.74. The number of hydrogen-bond donors (Lipinski definition) is 1. The summed E-state index contributed by atoms with van der Waals surface area (Å²) in [5.74, 6) is -0.198. The summed E-state index contributed by atoms with van der Waals surface area (Å²) in [6.45, 7) is 1.92. The zero-order chi connectivity index (χ0) is 17.1. The molecule has 0 aromatic heterocycles. The number of ether oxygens (including phenoxy) is 1. The van der Waals surface area contributed by atoms with Crippen LogP contribution < -0.4 is 5.32 Å². The van der Waals surface area contributed by atoms with Gasteiger partial charge < -0.3 is 10.1 Å². The standard InChI is InChI=1S/C17H23NO4S/c1-13(19)23-12-15(11-14-7-4-3-5-8-14)17(21)18-10-6-9-16(20)22-2/h3-5,7-8,15H,6,9-12H2,1-2H3,(H,18,21). The molecule has 1 unspecified atom stereocenters. The second kappa shape index (κ2) is 10.8. The fraction of sp³-hybridized carbons (Fsp3) is 0.471. The maximum Gasteiger partial charge on any atom is 0.305 e. The van der Waals surface area contributed by atoms with Crippen LogP contribution in [-0.2, 0) is 25.5 Å². The van der Waals surface area contributed by atoms with Gasteiger partial charge in [-0.1, -0.05) is 42.1 Å². The van der Waals surface area contributed by atoms with Crippen LogP contribution in [-0.4, -0.2) is 36.4 Å². The molecule has 126 valence electrons. The summed E-state index contributed by atoms with van der Waals surface area (Å²) in [5.41, 5.74) is 1.06. The molecule has 0 aliphatic rings. The molecule has 1 N–H and O–H groups in total. The van der Waals surface area contributed by atoms with Crippen LogP contribution in [0.25, 0.3) is 0 Å². The van der Waals surface area contributed by atoms with Gasteiger partial charge in [0.05, 0.1) is 13.0 Å². The molecule has 0 heterocycles. The molecule has 1 amide bonds. The molecule has 1 aromatic carbocycles. The lowest BCUT2D eigenvalue weighted by Crippen LogP contribution is -2.34. The van der Waals surface area contributed by atoms with Crippen molar-refractivity contribution in [3.05, 3.63) is 35.9 Å². The van der Waals surface area contributed by atoms with Gasteiger partial charge in [0.15, 0.2) is 5.12 Å². The van der Waals surface area contributed by atoms with Crippen LogP contribution in [0.5, 0.6) is 0 Å². The number of carbonyl (C=O) groups is 3. The summed E-state index contributed by atoms with van der Waals surface area (Å²) in [5, 5.41) is 2.84. The summed E-state index contributed by atoms with van der Waals surface area (Å²) in [6.07, 6.45) is 1.41. The topological polar surface area (TPSA) is 72.5 Å². The van der Waals surface area contributed by atoms with Crippen LogP contribution in [0.1, 0.15) is 25.3 Å². The highest BCUT2D eigenvalue weighted by Gasteiger charge is 2.19. The van der Waals surface area contributed by atoms with E-state index in [0.29, 0.717) is 25.1 Å². The predicted molar refractivity (Wildman–Crippen MR) is 91.0 cm³/mol. The Balaban J connectivity index is 2.51. The molecule has 0 radical (unpaired) electrons. The molecular formula is C17H23NO4S. The quantitative estimate of drug-likeness (QED) is 0.552. The van der Waals surface area contributed by atoms with Crippen LogP contribution in [0.15, 0.2) is 30.3 Å². The smallest absolute Gasteiger partial charge is 0.305 e. The normalized spacial score (nSPS) is 11.6. The number of amides is 1. The van der Waals surface area contributed by atoms with E-state index in [1.54, 1.807) is 0 Å². The van der Waals surface area contributed by atoms with E-state index in [0.717, 1.165) is 17.3 Å². The number of rotatable bonds is 9. The second-order valence-corrected chi connectivity index (χ2v) is 6.36. The van der Waals surface area contributed by atoms with Crippen molar-refractivity contribution in [3.8, 4) is 0 Å². The minimum absolute atomic E-state index is 0.00144. The first-order valence-corrected chi connectivity index (χ1v) is 8.53. The second-order valence-electron chi connectivity index (χ2n) is 5.16. The van der Waals surface area contributed by atoms with Crippen LogP contribution in [0.3, 0.4) is 0 Å². The molecule has 1 atom stereocenters. The van der Waals surface area contributed by atoms with E-state index in [1.807, 2.05) is 30.3 Å². The molecule has 0 saturated carbocycles. The monoisotopic (exact) mass is 337 g/mol. The minimum Gasteiger partial charge on any atom is -0.469 e. The molecule has 0 aliphatic carbocycles. The summed E-state index contributed by atoms with van der Waals surface area (Å²) in [4.78, 5) is 34.5. The first kappa shape index (κ1) is 19.2. The first-order chi connectivity index (χ1) is 11.0. The van der Waals surface area contributed by atoms with Crippen molar-refractivity contribution in [2.24, 2.45) is 5.92 Å². The van der Waals surface area contributed by atoms with Crippen LogP contribution in [0, 0.1) is 5.92 Å². The van der Waals surface area contributed by atoms with Crippen LogP contribution in [0.4, 0.5) is 0 Å². The molecule has 0 fully saturated rings. The van der Waals surface area contributed by atoms with Crippen LogP contribution in [0.2, 0.25) is 0 Å². The lowest BCUT2D eigenvalue weighted by molar-refractivity contribution is -0.140. The van der Waals surface area contributed by atoms with Crippen molar-refractivity contribution < 1.29 is 19.1 Å². The molecule has 6 heteroatoms. The van der Waals surface area contributed by atoms with Crippen molar-refractivity contribution >= 4 is 28.8 Å². The highest BCUT2D eigenvalue weighted by Crippen LogP contribution is 2.16. The minimum atomic E-state index is -0.285. The van der Waals surface area contributed by atoms with Gasteiger partial charge in [-0.2, -0.15) is 0 Å². The summed E-state index contributed by atoms with van der Waals surface area (Å²) in [6, 6.07) is 9.72.